The molecule has 8 nitrogen and oxygen atoms in total. The fourth-order valence-electron chi connectivity index (χ4n) is 5.46. The first-order valence-electron chi connectivity index (χ1n) is 14.7. The van der Waals surface area contributed by atoms with Gasteiger partial charge in [0.25, 0.3) is 0 Å². The van der Waals surface area contributed by atoms with Gasteiger partial charge >= 0.3 is 6.03 Å². The molecular formula is C30H46N6O2. The molecule has 1 aromatic heterocycles. The fourth-order valence-corrected chi connectivity index (χ4v) is 5.46. The van der Waals surface area contributed by atoms with Crippen molar-refractivity contribution in [3.8, 4) is 5.75 Å². The van der Waals surface area contributed by atoms with Crippen molar-refractivity contribution in [1.82, 2.24) is 15.3 Å². The van der Waals surface area contributed by atoms with E-state index in [9.17, 15) is 4.79 Å². The Morgan fingerprint density at radius 3 is 2.39 bits per heavy atom. The lowest BCUT2D eigenvalue weighted by Crippen LogP contribution is -2.42. The van der Waals surface area contributed by atoms with Gasteiger partial charge in [-0.05, 0) is 82.1 Å². The van der Waals surface area contributed by atoms with Gasteiger partial charge in [-0.15, -0.1) is 0 Å². The van der Waals surface area contributed by atoms with Crippen LogP contribution in [0.4, 0.5) is 22.2 Å². The number of nitrogens with one attached hydrogen (secondary N) is 3. The molecule has 0 spiro atoms. The number of urea groups is 1. The maximum Gasteiger partial charge on any atom is 0.319 e. The zero-order valence-electron chi connectivity index (χ0n) is 23.5. The molecule has 1 saturated carbocycles. The Balaban J connectivity index is 1.18. The lowest BCUT2D eigenvalue weighted by Gasteiger charge is -2.30. The molecule has 2 aliphatic rings. The Bertz CT molecular complexity index is 1020. The first-order valence-corrected chi connectivity index (χ1v) is 14.7. The number of nitrogens with zero attached hydrogens (tertiary/aromatic N) is 3. The Labute approximate surface area is 228 Å². The molecule has 2 aromatic rings. The predicted octanol–water partition coefficient (Wildman–Crippen LogP) is 6.32. The van der Waals surface area contributed by atoms with Crippen LogP contribution in [-0.2, 0) is 12.8 Å². The number of carbonyl (C=O) groups excluding carboxylic acids is 1. The number of aryl methyl sites for hydroxylation is 1. The molecule has 0 aliphatic heterocycles. The molecule has 0 atom stereocenters. The highest BCUT2D eigenvalue weighted by atomic mass is 16.5. The number of amides is 2. The molecule has 2 amide bonds. The minimum Gasteiger partial charge on any atom is -0.494 e. The van der Waals surface area contributed by atoms with Gasteiger partial charge in [-0.2, -0.15) is 4.98 Å². The maximum absolute atomic E-state index is 12.6. The lowest BCUT2D eigenvalue weighted by atomic mass is 9.91. The summed E-state index contributed by atoms with van der Waals surface area (Å²) in [6.45, 7) is 2.96. The number of ether oxygens (including phenoxy) is 1. The average Bonchev–Trinajstić information content (AvgIpc) is 2.92. The highest BCUT2D eigenvalue weighted by molar-refractivity contribution is 5.89. The van der Waals surface area contributed by atoms with E-state index in [0.717, 1.165) is 74.8 Å². The minimum absolute atomic E-state index is 0.153. The SMILES string of the molecule is CCCCCCCOc1ccc(NC(=O)N[C@H]2CC[C@@H](Nc3nc4c(c(N(C)C)n3)CCCC4)CC2)cc1. The molecule has 2 aliphatic carbocycles. The predicted molar refractivity (Wildman–Crippen MR) is 156 cm³/mol. The van der Waals surface area contributed by atoms with Gasteiger partial charge in [0.15, 0.2) is 0 Å². The van der Waals surface area contributed by atoms with Crippen molar-refractivity contribution in [1.29, 1.82) is 0 Å². The van der Waals surface area contributed by atoms with Gasteiger partial charge in [-0.25, -0.2) is 9.78 Å². The van der Waals surface area contributed by atoms with Crippen molar-refractivity contribution in [2.24, 2.45) is 0 Å². The lowest BCUT2D eigenvalue weighted by molar-refractivity contribution is 0.243. The summed E-state index contributed by atoms with van der Waals surface area (Å²) in [5.74, 6) is 2.64. The Morgan fingerprint density at radius 1 is 0.947 bits per heavy atom. The van der Waals surface area contributed by atoms with E-state index < -0.39 is 0 Å². The van der Waals surface area contributed by atoms with Gasteiger partial charge in [0.2, 0.25) is 5.95 Å². The second-order valence-electron chi connectivity index (χ2n) is 11.0. The van der Waals surface area contributed by atoms with E-state index in [-0.39, 0.29) is 12.1 Å². The van der Waals surface area contributed by atoms with E-state index in [1.54, 1.807) is 0 Å². The number of aromatic nitrogens is 2. The first-order chi connectivity index (χ1) is 18.5. The van der Waals surface area contributed by atoms with Crippen molar-refractivity contribution in [3.63, 3.8) is 0 Å². The van der Waals surface area contributed by atoms with Gasteiger partial charge in [0.1, 0.15) is 11.6 Å². The van der Waals surface area contributed by atoms with Gasteiger partial charge in [0, 0.05) is 37.4 Å². The van der Waals surface area contributed by atoms with Crippen LogP contribution in [0, 0.1) is 0 Å². The van der Waals surface area contributed by atoms with Crippen LogP contribution in [-0.4, -0.2) is 48.8 Å². The molecule has 1 aromatic carbocycles. The molecule has 3 N–H and O–H groups in total. The quantitative estimate of drug-likeness (QED) is 0.283. The summed E-state index contributed by atoms with van der Waals surface area (Å²) in [7, 11) is 4.11. The smallest absolute Gasteiger partial charge is 0.319 e. The summed E-state index contributed by atoms with van der Waals surface area (Å²) in [5, 5.41) is 9.68. The molecule has 208 valence electrons. The van der Waals surface area contributed by atoms with Crippen LogP contribution < -0.4 is 25.6 Å². The largest absolute Gasteiger partial charge is 0.494 e. The van der Waals surface area contributed by atoms with Crippen LogP contribution in [0.5, 0.6) is 5.75 Å². The number of hydrogen-bond acceptors (Lipinski definition) is 6. The van der Waals surface area contributed by atoms with Gasteiger partial charge < -0.3 is 25.6 Å². The molecule has 0 unspecified atom stereocenters. The van der Waals surface area contributed by atoms with E-state index in [4.69, 9.17) is 14.7 Å². The Morgan fingerprint density at radius 2 is 1.66 bits per heavy atom. The zero-order chi connectivity index (χ0) is 26.7. The second-order valence-corrected chi connectivity index (χ2v) is 11.0. The molecule has 1 heterocycles. The highest BCUT2D eigenvalue weighted by Crippen LogP contribution is 2.29. The molecule has 8 heteroatoms. The van der Waals surface area contributed by atoms with Crippen LogP contribution >= 0.6 is 0 Å². The molecule has 0 bridgehead atoms. The van der Waals surface area contributed by atoms with E-state index in [2.05, 4.69) is 41.9 Å². The van der Waals surface area contributed by atoms with Gasteiger partial charge in [-0.1, -0.05) is 32.6 Å². The summed E-state index contributed by atoms with van der Waals surface area (Å²) in [6.07, 6.45) is 14.5. The van der Waals surface area contributed by atoms with Crippen LogP contribution in [0.2, 0.25) is 0 Å². The standard InChI is InChI=1S/C30H46N6O2/c1-4-5-6-7-10-21-38-25-19-17-24(18-20-25)33-30(37)32-23-15-13-22(14-16-23)31-29-34-27-12-9-8-11-26(27)28(35-29)36(2)3/h17-20,22-23H,4-16,21H2,1-3H3,(H,31,34,35)(H2,32,33,37)/t22-,23+. The van der Waals surface area contributed by atoms with Crippen LogP contribution in [0.15, 0.2) is 24.3 Å². The molecule has 4 rings (SSSR count). The van der Waals surface area contributed by atoms with E-state index in [0.29, 0.717) is 6.04 Å². The van der Waals surface area contributed by atoms with Crippen molar-refractivity contribution < 1.29 is 9.53 Å². The number of hydrogen-bond donors (Lipinski definition) is 3. The fraction of sp³-hybridized carbons (Fsp3) is 0.633. The van der Waals surface area contributed by atoms with E-state index in [1.165, 1.54) is 49.8 Å². The zero-order valence-corrected chi connectivity index (χ0v) is 23.5. The summed E-state index contributed by atoms with van der Waals surface area (Å²) < 4.78 is 5.82. The van der Waals surface area contributed by atoms with Crippen molar-refractivity contribution in [2.75, 3.05) is 36.2 Å². The molecular weight excluding hydrogens is 476 g/mol. The van der Waals surface area contributed by atoms with Crippen LogP contribution in [0.1, 0.15) is 88.8 Å². The third kappa shape index (κ3) is 8.23. The number of carbonyl (C=O) groups is 1. The maximum atomic E-state index is 12.6. The number of rotatable bonds is 12. The molecule has 1 fully saturated rings. The van der Waals surface area contributed by atoms with Crippen LogP contribution in [0.3, 0.4) is 0 Å². The number of anilines is 3. The number of benzene rings is 1. The normalized spacial score (nSPS) is 18.8. The molecule has 38 heavy (non-hydrogen) atoms. The van der Waals surface area contributed by atoms with Gasteiger partial charge in [0.05, 0.1) is 12.3 Å². The first kappa shape index (κ1) is 28.0. The van der Waals surface area contributed by atoms with E-state index in [1.807, 2.05) is 24.3 Å². The highest BCUT2D eigenvalue weighted by Gasteiger charge is 2.25. The van der Waals surface area contributed by atoms with Crippen LogP contribution in [0.25, 0.3) is 0 Å². The van der Waals surface area contributed by atoms with Crippen molar-refractivity contribution >= 4 is 23.5 Å². The Hall–Kier alpha value is -3.03. The average molecular weight is 523 g/mol. The number of fused-ring (bicyclic) bond motifs is 1. The third-order valence-electron chi connectivity index (χ3n) is 7.61. The number of unbranched alkanes of at least 4 members (excludes halogenated alkanes) is 4. The van der Waals surface area contributed by atoms with Gasteiger partial charge in [-0.3, -0.25) is 0 Å². The minimum atomic E-state index is -0.153. The molecule has 0 saturated heterocycles. The monoisotopic (exact) mass is 522 g/mol. The topological polar surface area (TPSA) is 91.4 Å². The Kier molecular flexibility index (Phi) is 10.5. The summed E-state index contributed by atoms with van der Waals surface area (Å²) in [6, 6.07) is 7.98. The van der Waals surface area contributed by atoms with Crippen molar-refractivity contribution in [2.45, 2.75) is 102 Å². The third-order valence-corrected chi connectivity index (χ3v) is 7.61. The summed E-state index contributed by atoms with van der Waals surface area (Å²) in [4.78, 5) is 24.4. The summed E-state index contributed by atoms with van der Waals surface area (Å²) >= 11 is 0. The van der Waals surface area contributed by atoms with E-state index >= 15 is 0 Å². The second kappa shape index (κ2) is 14.2. The summed E-state index contributed by atoms with van der Waals surface area (Å²) in [5.41, 5.74) is 3.28. The molecule has 0 radical (unpaired) electrons. The van der Waals surface area contributed by atoms with Crippen molar-refractivity contribution in [3.05, 3.63) is 35.5 Å².